The highest BCUT2D eigenvalue weighted by Gasteiger charge is 2.11. The fourth-order valence-corrected chi connectivity index (χ4v) is 3.06. The number of rotatable bonds is 5. The molecule has 0 aliphatic rings. The largest absolute Gasteiger partial charge is 0.356 e. The van der Waals surface area contributed by atoms with Gasteiger partial charge < -0.3 is 10.6 Å². The number of benzene rings is 3. The zero-order valence-corrected chi connectivity index (χ0v) is 15.0. The molecule has 0 saturated carbocycles. The van der Waals surface area contributed by atoms with Gasteiger partial charge >= 0.3 is 0 Å². The molecule has 0 aliphatic heterocycles. The van der Waals surface area contributed by atoms with Crippen LogP contribution in [-0.2, 0) is 9.84 Å². The number of sulfone groups is 1. The van der Waals surface area contributed by atoms with Gasteiger partial charge in [-0.1, -0.05) is 24.3 Å². The van der Waals surface area contributed by atoms with Crippen molar-refractivity contribution in [2.45, 2.75) is 4.90 Å². The van der Waals surface area contributed by atoms with E-state index in [1.165, 1.54) is 12.1 Å². The third kappa shape index (κ3) is 4.49. The van der Waals surface area contributed by atoms with E-state index in [2.05, 4.69) is 10.6 Å². The van der Waals surface area contributed by atoms with E-state index in [4.69, 9.17) is 0 Å². The number of nitrogens with one attached hydrogen (secondary N) is 2. The predicted molar refractivity (Wildman–Crippen MR) is 104 cm³/mol. The van der Waals surface area contributed by atoms with Gasteiger partial charge in [-0.25, -0.2) is 8.42 Å². The van der Waals surface area contributed by atoms with Crippen LogP contribution in [0.1, 0.15) is 10.4 Å². The molecule has 0 spiro atoms. The minimum atomic E-state index is -3.36. The topological polar surface area (TPSA) is 75.3 Å². The van der Waals surface area contributed by atoms with E-state index >= 15 is 0 Å². The minimum absolute atomic E-state index is 0.118. The molecule has 3 aromatic carbocycles. The second-order valence-electron chi connectivity index (χ2n) is 5.82. The van der Waals surface area contributed by atoms with E-state index in [1.807, 2.05) is 42.5 Å². The van der Waals surface area contributed by atoms with Crippen molar-refractivity contribution in [2.75, 3.05) is 16.9 Å². The summed E-state index contributed by atoms with van der Waals surface area (Å²) in [7, 11) is -3.36. The first kappa shape index (κ1) is 17.7. The van der Waals surface area contributed by atoms with Crippen molar-refractivity contribution in [1.82, 2.24) is 0 Å². The van der Waals surface area contributed by atoms with Gasteiger partial charge in [0.15, 0.2) is 9.84 Å². The number of anilines is 3. The summed E-state index contributed by atoms with van der Waals surface area (Å²) in [6.45, 7) is 0. The molecule has 0 heterocycles. The molecule has 1 amide bonds. The van der Waals surface area contributed by atoms with Gasteiger partial charge in [-0.3, -0.25) is 4.79 Å². The molecular weight excluding hydrogens is 348 g/mol. The molecule has 0 bridgehead atoms. The maximum Gasteiger partial charge on any atom is 0.255 e. The van der Waals surface area contributed by atoms with Crippen molar-refractivity contribution in [3.8, 4) is 0 Å². The summed E-state index contributed by atoms with van der Waals surface area (Å²) in [5.41, 5.74) is 2.79. The number of hydrogen-bond acceptors (Lipinski definition) is 4. The van der Waals surface area contributed by atoms with E-state index in [1.54, 1.807) is 24.3 Å². The summed E-state index contributed by atoms with van der Waals surface area (Å²) in [5, 5.41) is 6.03. The molecule has 2 N–H and O–H groups in total. The van der Waals surface area contributed by atoms with Gasteiger partial charge in [-0.15, -0.1) is 0 Å². The van der Waals surface area contributed by atoms with E-state index in [0.717, 1.165) is 17.6 Å². The van der Waals surface area contributed by atoms with Crippen LogP contribution in [0.25, 0.3) is 0 Å². The number of carbonyl (C=O) groups excluding carboxylic acids is 1. The van der Waals surface area contributed by atoms with Crippen molar-refractivity contribution in [1.29, 1.82) is 0 Å². The molecule has 0 saturated heterocycles. The van der Waals surface area contributed by atoms with E-state index in [-0.39, 0.29) is 10.8 Å². The molecule has 3 aromatic rings. The standard InChI is InChI=1S/C20H18N2O3S/c1-26(24,25)19-9-5-6-15(14-19)20(23)22-18-12-10-17(11-13-18)21-16-7-3-2-4-8-16/h2-14,21H,1H3,(H,22,23). The van der Waals surface area contributed by atoms with Crippen molar-refractivity contribution in [3.63, 3.8) is 0 Å². The third-order valence-corrected chi connectivity index (χ3v) is 4.84. The monoisotopic (exact) mass is 366 g/mol. The Morgan fingerprint density at radius 3 is 2.04 bits per heavy atom. The Morgan fingerprint density at radius 2 is 1.38 bits per heavy atom. The first-order valence-electron chi connectivity index (χ1n) is 7.95. The van der Waals surface area contributed by atoms with Crippen molar-refractivity contribution >= 4 is 32.8 Å². The van der Waals surface area contributed by atoms with Gasteiger partial charge in [0.05, 0.1) is 4.90 Å². The third-order valence-electron chi connectivity index (χ3n) is 3.73. The van der Waals surface area contributed by atoms with Crippen molar-refractivity contribution < 1.29 is 13.2 Å². The van der Waals surface area contributed by atoms with E-state index in [0.29, 0.717) is 11.3 Å². The maximum atomic E-state index is 12.3. The molecule has 0 aliphatic carbocycles. The molecule has 0 radical (unpaired) electrons. The van der Waals surface area contributed by atoms with Gasteiger partial charge in [0.25, 0.3) is 5.91 Å². The Bertz CT molecular complexity index is 1010. The molecule has 0 fully saturated rings. The maximum absolute atomic E-state index is 12.3. The zero-order chi connectivity index (χ0) is 18.6. The number of hydrogen-bond donors (Lipinski definition) is 2. The molecular formula is C20H18N2O3S. The Hall–Kier alpha value is -3.12. The summed E-state index contributed by atoms with van der Waals surface area (Å²) in [6.07, 6.45) is 1.11. The minimum Gasteiger partial charge on any atom is -0.356 e. The molecule has 132 valence electrons. The highest BCUT2D eigenvalue weighted by Crippen LogP contribution is 2.19. The van der Waals surface area contributed by atoms with Gasteiger partial charge in [0, 0.05) is 28.9 Å². The quantitative estimate of drug-likeness (QED) is 0.713. The van der Waals surface area contributed by atoms with Crippen molar-refractivity contribution in [2.24, 2.45) is 0 Å². The molecule has 0 unspecified atom stereocenters. The van der Waals surface area contributed by atoms with Crippen LogP contribution in [0, 0.1) is 0 Å². The Labute approximate surface area is 152 Å². The Balaban J connectivity index is 1.70. The number of para-hydroxylation sites is 1. The second kappa shape index (κ2) is 7.41. The van der Waals surface area contributed by atoms with Crippen LogP contribution in [0.5, 0.6) is 0 Å². The van der Waals surface area contributed by atoms with Crippen LogP contribution in [0.4, 0.5) is 17.1 Å². The Kier molecular flexibility index (Phi) is 5.04. The summed E-state index contributed by atoms with van der Waals surface area (Å²) < 4.78 is 23.2. The smallest absolute Gasteiger partial charge is 0.255 e. The van der Waals surface area contributed by atoms with Crippen LogP contribution in [0.15, 0.2) is 83.8 Å². The van der Waals surface area contributed by atoms with Gasteiger partial charge in [0.1, 0.15) is 0 Å². The van der Waals surface area contributed by atoms with Crippen LogP contribution in [0.2, 0.25) is 0 Å². The van der Waals surface area contributed by atoms with Crippen LogP contribution >= 0.6 is 0 Å². The average Bonchev–Trinajstić information content (AvgIpc) is 2.63. The normalized spacial score (nSPS) is 11.0. The fraction of sp³-hybridized carbons (Fsp3) is 0.0500. The summed E-state index contributed by atoms with van der Waals surface area (Å²) in [4.78, 5) is 12.5. The van der Waals surface area contributed by atoms with E-state index < -0.39 is 9.84 Å². The number of carbonyl (C=O) groups is 1. The lowest BCUT2D eigenvalue weighted by atomic mass is 10.2. The number of amides is 1. The van der Waals surface area contributed by atoms with E-state index in [9.17, 15) is 13.2 Å². The molecule has 0 atom stereocenters. The van der Waals surface area contributed by atoms with Crippen molar-refractivity contribution in [3.05, 3.63) is 84.4 Å². The first-order valence-corrected chi connectivity index (χ1v) is 9.84. The van der Waals surface area contributed by atoms with Crippen LogP contribution < -0.4 is 10.6 Å². The lowest BCUT2D eigenvalue weighted by Crippen LogP contribution is -2.12. The lowest BCUT2D eigenvalue weighted by molar-refractivity contribution is 0.102. The summed E-state index contributed by atoms with van der Waals surface area (Å²) in [5.74, 6) is -0.362. The van der Waals surface area contributed by atoms with Gasteiger partial charge in [0.2, 0.25) is 0 Å². The Morgan fingerprint density at radius 1 is 0.769 bits per heavy atom. The average molecular weight is 366 g/mol. The SMILES string of the molecule is CS(=O)(=O)c1cccc(C(=O)Nc2ccc(Nc3ccccc3)cc2)c1. The second-order valence-corrected chi connectivity index (χ2v) is 7.84. The van der Waals surface area contributed by atoms with Gasteiger partial charge in [-0.05, 0) is 54.6 Å². The summed E-state index contributed by atoms with van der Waals surface area (Å²) in [6, 6.07) is 23.0. The highest BCUT2D eigenvalue weighted by molar-refractivity contribution is 7.90. The lowest BCUT2D eigenvalue weighted by Gasteiger charge is -2.09. The van der Waals surface area contributed by atoms with Crippen LogP contribution in [-0.4, -0.2) is 20.6 Å². The molecule has 3 rings (SSSR count). The predicted octanol–water partition coefficient (Wildman–Crippen LogP) is 4.09. The molecule has 6 heteroatoms. The summed E-state index contributed by atoms with van der Waals surface area (Å²) >= 11 is 0. The van der Waals surface area contributed by atoms with Crippen LogP contribution in [0.3, 0.4) is 0 Å². The van der Waals surface area contributed by atoms with Gasteiger partial charge in [-0.2, -0.15) is 0 Å². The highest BCUT2D eigenvalue weighted by atomic mass is 32.2. The molecule has 0 aromatic heterocycles. The molecule has 5 nitrogen and oxygen atoms in total. The molecule has 26 heavy (non-hydrogen) atoms. The fourth-order valence-electron chi connectivity index (χ4n) is 2.40. The first-order chi connectivity index (χ1) is 12.4. The zero-order valence-electron chi connectivity index (χ0n) is 14.1.